The maximum absolute atomic E-state index is 11.8. The summed E-state index contributed by atoms with van der Waals surface area (Å²) in [6.45, 7) is 3.84. The molecule has 2 aliphatic rings. The van der Waals surface area contributed by atoms with Gasteiger partial charge < -0.3 is 15.7 Å². The van der Waals surface area contributed by atoms with Gasteiger partial charge in [-0.3, -0.25) is 0 Å². The summed E-state index contributed by atoms with van der Waals surface area (Å²) >= 11 is 0. The second-order valence-corrected chi connectivity index (χ2v) is 6.92. The minimum Gasteiger partial charge on any atom is -0.396 e. The zero-order valence-corrected chi connectivity index (χ0v) is 12.1. The smallest absolute Gasteiger partial charge is 0.314 e. The van der Waals surface area contributed by atoms with Gasteiger partial charge in [0.25, 0.3) is 0 Å². The molecule has 3 N–H and O–H groups in total. The van der Waals surface area contributed by atoms with E-state index in [0.29, 0.717) is 6.54 Å². The van der Waals surface area contributed by atoms with Crippen molar-refractivity contribution < 1.29 is 9.90 Å². The molecule has 0 unspecified atom stereocenters. The lowest BCUT2D eigenvalue weighted by Gasteiger charge is -2.28. The van der Waals surface area contributed by atoms with Crippen molar-refractivity contribution in [2.75, 3.05) is 19.7 Å². The molecule has 0 aliphatic heterocycles. The molecule has 0 aromatic rings. The van der Waals surface area contributed by atoms with Crippen LogP contribution in [0.2, 0.25) is 0 Å². The van der Waals surface area contributed by atoms with Crippen LogP contribution in [0.3, 0.4) is 0 Å². The van der Waals surface area contributed by atoms with E-state index in [0.717, 1.165) is 19.4 Å². The Morgan fingerprint density at radius 2 is 1.58 bits per heavy atom. The average molecular weight is 268 g/mol. The maximum Gasteiger partial charge on any atom is 0.314 e. The second-order valence-electron chi connectivity index (χ2n) is 6.92. The predicted octanol–water partition coefficient (Wildman–Crippen LogP) is 2.42. The number of urea groups is 1. The third-order valence-corrected chi connectivity index (χ3v) is 4.90. The molecule has 0 spiro atoms. The highest BCUT2D eigenvalue weighted by Gasteiger charge is 2.42. The molecule has 0 radical (unpaired) electrons. The Morgan fingerprint density at radius 3 is 2.11 bits per heavy atom. The van der Waals surface area contributed by atoms with Crippen LogP contribution >= 0.6 is 0 Å². The van der Waals surface area contributed by atoms with E-state index < -0.39 is 0 Å². The molecule has 0 aromatic carbocycles. The van der Waals surface area contributed by atoms with Crippen molar-refractivity contribution in [3.8, 4) is 0 Å². The number of carbonyl (C=O) groups excluding carboxylic acids is 1. The first-order valence-corrected chi connectivity index (χ1v) is 7.70. The fraction of sp³-hybridized carbons (Fsp3) is 0.933. The van der Waals surface area contributed by atoms with Crippen LogP contribution in [-0.2, 0) is 0 Å². The number of nitrogens with one attached hydrogen (secondary N) is 2. The van der Waals surface area contributed by atoms with Gasteiger partial charge in [0.05, 0.1) is 6.61 Å². The van der Waals surface area contributed by atoms with Gasteiger partial charge in [-0.1, -0.05) is 32.6 Å². The highest BCUT2D eigenvalue weighted by Crippen LogP contribution is 2.44. The zero-order chi connectivity index (χ0) is 13.8. The Balaban J connectivity index is 1.67. The molecule has 2 saturated carbocycles. The fourth-order valence-corrected chi connectivity index (χ4v) is 2.95. The molecular weight excluding hydrogens is 240 g/mol. The van der Waals surface area contributed by atoms with Crippen LogP contribution in [0.5, 0.6) is 0 Å². The quantitative estimate of drug-likeness (QED) is 0.671. The van der Waals surface area contributed by atoms with Crippen molar-refractivity contribution >= 4 is 6.03 Å². The molecule has 0 aromatic heterocycles. The summed E-state index contributed by atoms with van der Waals surface area (Å²) in [6.07, 6.45) is 9.73. The molecule has 0 saturated heterocycles. The summed E-state index contributed by atoms with van der Waals surface area (Å²) in [5, 5.41) is 15.1. The Bertz CT molecular complexity index is 305. The van der Waals surface area contributed by atoms with Gasteiger partial charge in [0.2, 0.25) is 0 Å². The molecule has 2 fully saturated rings. The summed E-state index contributed by atoms with van der Waals surface area (Å²) in [6, 6.07) is -0.0785. The van der Waals surface area contributed by atoms with Crippen molar-refractivity contribution in [1.82, 2.24) is 10.6 Å². The summed E-state index contributed by atoms with van der Waals surface area (Å²) in [4.78, 5) is 11.8. The van der Waals surface area contributed by atoms with Crippen molar-refractivity contribution in [3.63, 3.8) is 0 Å². The van der Waals surface area contributed by atoms with E-state index in [1.165, 1.54) is 38.5 Å². The van der Waals surface area contributed by atoms with E-state index >= 15 is 0 Å². The SMILES string of the molecule is CC1(CNC(=O)NCC2(CO)CC2)CCCCCC1. The number of amides is 2. The van der Waals surface area contributed by atoms with Gasteiger partial charge in [-0.2, -0.15) is 0 Å². The van der Waals surface area contributed by atoms with Crippen molar-refractivity contribution in [3.05, 3.63) is 0 Å². The van der Waals surface area contributed by atoms with Gasteiger partial charge in [-0.05, 0) is 31.1 Å². The number of carbonyl (C=O) groups is 1. The number of hydrogen-bond acceptors (Lipinski definition) is 2. The van der Waals surface area contributed by atoms with Gasteiger partial charge in [0.15, 0.2) is 0 Å². The van der Waals surface area contributed by atoms with Crippen LogP contribution in [0.1, 0.15) is 58.3 Å². The molecule has 4 nitrogen and oxygen atoms in total. The van der Waals surface area contributed by atoms with Gasteiger partial charge in [0, 0.05) is 18.5 Å². The molecule has 0 bridgehead atoms. The number of aliphatic hydroxyl groups is 1. The van der Waals surface area contributed by atoms with Crippen LogP contribution < -0.4 is 10.6 Å². The average Bonchev–Trinajstić information content (AvgIpc) is 3.20. The summed E-state index contributed by atoms with van der Waals surface area (Å²) in [7, 11) is 0. The lowest BCUT2D eigenvalue weighted by atomic mass is 9.82. The Morgan fingerprint density at radius 1 is 1.00 bits per heavy atom. The van der Waals surface area contributed by atoms with Crippen LogP contribution in [0.15, 0.2) is 0 Å². The Hall–Kier alpha value is -0.770. The topological polar surface area (TPSA) is 61.4 Å². The van der Waals surface area contributed by atoms with E-state index in [1.54, 1.807) is 0 Å². The maximum atomic E-state index is 11.8. The molecule has 110 valence electrons. The summed E-state index contributed by atoms with van der Waals surface area (Å²) < 4.78 is 0. The number of hydrogen-bond donors (Lipinski definition) is 3. The molecule has 0 heterocycles. The Labute approximate surface area is 116 Å². The molecule has 0 atom stereocenters. The minimum absolute atomic E-state index is 0.0104. The van der Waals surface area contributed by atoms with Crippen LogP contribution in [0.4, 0.5) is 4.79 Å². The van der Waals surface area contributed by atoms with Gasteiger partial charge >= 0.3 is 6.03 Å². The number of rotatable bonds is 5. The highest BCUT2D eigenvalue weighted by molar-refractivity contribution is 5.73. The molecule has 2 amide bonds. The summed E-state index contributed by atoms with van der Waals surface area (Å²) in [5.41, 5.74) is 0.256. The first-order chi connectivity index (χ1) is 9.08. The van der Waals surface area contributed by atoms with Gasteiger partial charge in [0.1, 0.15) is 0 Å². The van der Waals surface area contributed by atoms with Crippen molar-refractivity contribution in [2.24, 2.45) is 10.8 Å². The van der Waals surface area contributed by atoms with Gasteiger partial charge in [-0.15, -0.1) is 0 Å². The highest BCUT2D eigenvalue weighted by atomic mass is 16.3. The van der Waals surface area contributed by atoms with E-state index in [1.807, 2.05) is 0 Å². The third-order valence-electron chi connectivity index (χ3n) is 4.90. The van der Waals surface area contributed by atoms with Crippen molar-refractivity contribution in [1.29, 1.82) is 0 Å². The predicted molar refractivity (Wildman–Crippen MR) is 76.0 cm³/mol. The van der Waals surface area contributed by atoms with E-state index in [2.05, 4.69) is 17.6 Å². The lowest BCUT2D eigenvalue weighted by Crippen LogP contribution is -2.43. The third kappa shape index (κ3) is 4.37. The van der Waals surface area contributed by atoms with Crippen LogP contribution in [-0.4, -0.2) is 30.8 Å². The van der Waals surface area contributed by atoms with Crippen LogP contribution in [0.25, 0.3) is 0 Å². The lowest BCUT2D eigenvalue weighted by molar-refractivity contribution is 0.199. The monoisotopic (exact) mass is 268 g/mol. The molecule has 2 aliphatic carbocycles. The zero-order valence-electron chi connectivity index (χ0n) is 12.1. The fourth-order valence-electron chi connectivity index (χ4n) is 2.95. The van der Waals surface area contributed by atoms with E-state index in [4.69, 9.17) is 0 Å². The summed E-state index contributed by atoms with van der Waals surface area (Å²) in [5.74, 6) is 0. The largest absolute Gasteiger partial charge is 0.396 e. The standard InChI is InChI=1S/C15H28N2O2/c1-14(6-4-2-3-5-7-14)10-16-13(19)17-11-15(12-18)8-9-15/h18H,2-12H2,1H3,(H2,16,17,19). The first-order valence-electron chi connectivity index (χ1n) is 7.70. The van der Waals surface area contributed by atoms with E-state index in [-0.39, 0.29) is 23.5 Å². The molecule has 4 heteroatoms. The molecule has 2 rings (SSSR count). The number of aliphatic hydroxyl groups excluding tert-OH is 1. The van der Waals surface area contributed by atoms with Crippen LogP contribution in [0, 0.1) is 10.8 Å². The second kappa shape index (κ2) is 6.12. The van der Waals surface area contributed by atoms with Gasteiger partial charge in [-0.25, -0.2) is 4.79 Å². The van der Waals surface area contributed by atoms with E-state index in [9.17, 15) is 9.90 Å². The molecule has 19 heavy (non-hydrogen) atoms. The first kappa shape index (κ1) is 14.6. The minimum atomic E-state index is -0.0785. The Kier molecular flexibility index (Phi) is 4.71. The normalized spacial score (nSPS) is 24.3. The van der Waals surface area contributed by atoms with Crippen molar-refractivity contribution in [2.45, 2.75) is 58.3 Å². The molecular formula is C15H28N2O2.